The number of hydrogen-bond acceptors (Lipinski definition) is 6. The number of rotatable bonds is 11. The molecule has 9 heteroatoms. The Morgan fingerprint density at radius 3 is 2.11 bits per heavy atom. The quantitative estimate of drug-likeness (QED) is 0.115. The van der Waals surface area contributed by atoms with Gasteiger partial charge in [-0.1, -0.05) is 72.8 Å². The molecule has 1 saturated heterocycles. The number of hydrogen-bond donors (Lipinski definition) is 4. The van der Waals surface area contributed by atoms with E-state index in [1.807, 2.05) is 60.7 Å². The maximum absolute atomic E-state index is 13.3. The maximum atomic E-state index is 13.3. The first-order valence-electron chi connectivity index (χ1n) is 19.0. The van der Waals surface area contributed by atoms with Crippen LogP contribution < -0.4 is 16.0 Å². The Balaban J connectivity index is 0.939. The Morgan fingerprint density at radius 2 is 1.45 bits per heavy atom. The summed E-state index contributed by atoms with van der Waals surface area (Å²) in [5, 5.41) is 19.0. The summed E-state index contributed by atoms with van der Waals surface area (Å²) in [4.78, 5) is 25.8. The fourth-order valence-electron chi connectivity index (χ4n) is 9.55. The summed E-state index contributed by atoms with van der Waals surface area (Å²) in [5.41, 5.74) is 6.82. The molecule has 8 nitrogen and oxygen atoms in total. The molecule has 0 radical (unpaired) electrons. The van der Waals surface area contributed by atoms with Crippen LogP contribution in [-0.4, -0.2) is 34.4 Å². The van der Waals surface area contributed by atoms with Crippen LogP contribution >= 0.6 is 11.8 Å². The lowest BCUT2D eigenvalue weighted by molar-refractivity contribution is -0.245. The fraction of sp³-hybridized carbons (Fsp3) is 0.409. The van der Waals surface area contributed by atoms with Gasteiger partial charge in [0.25, 0.3) is 0 Å². The number of carbonyl (C=O) groups excluding carboxylic acids is 2. The Bertz CT molecular complexity index is 1860. The highest BCUT2D eigenvalue weighted by molar-refractivity contribution is 7.99. The topological polar surface area (TPSA) is 109 Å². The van der Waals surface area contributed by atoms with Crippen LogP contribution in [-0.2, 0) is 27.4 Å². The first-order chi connectivity index (χ1) is 25.8. The summed E-state index contributed by atoms with van der Waals surface area (Å²) >= 11 is 1.72. The van der Waals surface area contributed by atoms with Crippen molar-refractivity contribution in [2.45, 2.75) is 94.0 Å². The van der Waals surface area contributed by atoms with Crippen molar-refractivity contribution >= 4 is 29.4 Å². The smallest absolute Gasteiger partial charge is 0.315 e. The Hall–Kier alpha value is -4.15. The minimum atomic E-state index is -0.557. The van der Waals surface area contributed by atoms with Gasteiger partial charge in [-0.2, -0.15) is 0 Å². The van der Waals surface area contributed by atoms with Gasteiger partial charge in [-0.15, -0.1) is 11.8 Å². The SMILES string of the molecule is CC(=O)Nc1ccc(SC[C@@H]2C[C@H](c3ccc(CO)cc3)O[C@H](c3ccc(-c4ccccc4CNC(=O)NC45CC6CC(CC(C6)C4)C5)cc3)O2)cc1. The molecule has 0 unspecified atom stereocenters. The van der Waals surface area contributed by atoms with Crippen molar-refractivity contribution in [3.63, 3.8) is 0 Å². The van der Waals surface area contributed by atoms with Gasteiger partial charge in [0.1, 0.15) is 0 Å². The normalized spacial score (nSPS) is 27.3. The molecule has 4 aromatic rings. The van der Waals surface area contributed by atoms with Crippen LogP contribution in [0.3, 0.4) is 0 Å². The highest BCUT2D eigenvalue weighted by Crippen LogP contribution is 2.55. The minimum Gasteiger partial charge on any atom is -0.392 e. The van der Waals surface area contributed by atoms with Crippen LogP contribution in [0.25, 0.3) is 11.1 Å². The Morgan fingerprint density at radius 1 is 0.792 bits per heavy atom. The number of ether oxygens (including phenoxy) is 2. The van der Waals surface area contributed by atoms with Gasteiger partial charge in [-0.3, -0.25) is 4.79 Å². The third-order valence-corrected chi connectivity index (χ3v) is 12.7. The highest BCUT2D eigenvalue weighted by Gasteiger charge is 2.51. The average molecular weight is 732 g/mol. The minimum absolute atomic E-state index is 0.00188. The fourth-order valence-corrected chi connectivity index (χ4v) is 10.5. The zero-order valence-electron chi connectivity index (χ0n) is 30.3. The molecule has 3 atom stereocenters. The van der Waals surface area contributed by atoms with Gasteiger partial charge in [0.2, 0.25) is 5.91 Å². The molecule has 0 spiro atoms. The number of benzene rings is 4. The number of nitrogens with one attached hydrogen (secondary N) is 3. The van der Waals surface area contributed by atoms with Crippen LogP contribution in [0.15, 0.2) is 102 Å². The van der Waals surface area contributed by atoms with E-state index in [-0.39, 0.29) is 36.3 Å². The molecule has 4 saturated carbocycles. The lowest BCUT2D eigenvalue weighted by Crippen LogP contribution is -2.61. The Labute approximate surface area is 316 Å². The summed E-state index contributed by atoms with van der Waals surface area (Å²) in [6.45, 7) is 1.96. The predicted molar refractivity (Wildman–Crippen MR) is 208 cm³/mol. The van der Waals surface area contributed by atoms with Crippen molar-refractivity contribution in [2.24, 2.45) is 17.8 Å². The van der Waals surface area contributed by atoms with E-state index in [9.17, 15) is 14.7 Å². The Kier molecular flexibility index (Phi) is 10.6. The van der Waals surface area contributed by atoms with Crippen LogP contribution in [0.4, 0.5) is 10.5 Å². The van der Waals surface area contributed by atoms with Crippen molar-refractivity contribution < 1.29 is 24.2 Å². The number of aliphatic hydroxyl groups excluding tert-OH is 1. The standard InChI is InChI=1S/C44H49N3O5S/c1-28(49)46-37-14-16-39(17-15-37)53-27-38-21-41(34-8-6-29(26-48)7-9-34)52-42(51-38)35-12-10-33(11-13-35)40-5-3-2-4-36(40)25-45-43(50)47-44-22-30-18-31(23-44)20-32(19-30)24-44/h2-17,30-32,38,41-42,48H,18-27H2,1H3,(H,46,49)(H2,45,47,50)/t30?,31?,32?,38-,41+,42+,44?/m0/s1. The second kappa shape index (κ2) is 15.7. The molecule has 4 aromatic carbocycles. The molecule has 53 heavy (non-hydrogen) atoms. The third-order valence-electron chi connectivity index (χ3n) is 11.6. The van der Waals surface area contributed by atoms with E-state index in [2.05, 4.69) is 52.3 Å². The second-order valence-electron chi connectivity index (χ2n) is 15.7. The van der Waals surface area contributed by atoms with E-state index in [0.29, 0.717) is 13.0 Å². The molecule has 4 N–H and O–H groups in total. The summed E-state index contributed by atoms with van der Waals surface area (Å²) in [5.74, 6) is 2.99. The summed E-state index contributed by atoms with van der Waals surface area (Å²) in [6, 6.07) is 32.4. The second-order valence-corrected chi connectivity index (χ2v) is 16.7. The molecule has 0 aromatic heterocycles. The number of aliphatic hydroxyl groups is 1. The van der Waals surface area contributed by atoms with Crippen molar-refractivity contribution in [1.29, 1.82) is 0 Å². The van der Waals surface area contributed by atoms with Gasteiger partial charge in [0.15, 0.2) is 6.29 Å². The van der Waals surface area contributed by atoms with E-state index in [0.717, 1.165) is 86.7 Å². The van der Waals surface area contributed by atoms with Crippen LogP contribution in [0, 0.1) is 17.8 Å². The predicted octanol–water partition coefficient (Wildman–Crippen LogP) is 8.91. The van der Waals surface area contributed by atoms with Crippen LogP contribution in [0.2, 0.25) is 0 Å². The largest absolute Gasteiger partial charge is 0.392 e. The summed E-state index contributed by atoms with van der Waals surface area (Å²) in [7, 11) is 0. The first kappa shape index (κ1) is 35.9. The average Bonchev–Trinajstić information content (AvgIpc) is 3.16. The van der Waals surface area contributed by atoms with E-state index in [1.54, 1.807) is 11.8 Å². The van der Waals surface area contributed by atoms with Crippen LogP contribution in [0.1, 0.15) is 86.5 Å². The molecular weight excluding hydrogens is 683 g/mol. The molecular formula is C44H49N3O5S. The molecule has 5 aliphatic rings. The first-order valence-corrected chi connectivity index (χ1v) is 20.0. The molecule has 1 heterocycles. The molecule has 276 valence electrons. The molecule has 4 bridgehead atoms. The number of amides is 3. The molecule has 1 aliphatic heterocycles. The molecule has 3 amide bonds. The van der Waals surface area contributed by atoms with Crippen molar-refractivity contribution in [1.82, 2.24) is 10.6 Å². The number of carbonyl (C=O) groups is 2. The van der Waals surface area contributed by atoms with E-state index < -0.39 is 6.29 Å². The van der Waals surface area contributed by atoms with E-state index >= 15 is 0 Å². The van der Waals surface area contributed by atoms with Crippen molar-refractivity contribution in [3.05, 3.63) is 119 Å². The zero-order valence-corrected chi connectivity index (χ0v) is 31.1. The highest BCUT2D eigenvalue weighted by atomic mass is 32.2. The monoisotopic (exact) mass is 731 g/mol. The van der Waals surface area contributed by atoms with Crippen molar-refractivity contribution in [3.8, 4) is 11.1 Å². The lowest BCUT2D eigenvalue weighted by atomic mass is 9.53. The molecule has 5 fully saturated rings. The third kappa shape index (κ3) is 8.49. The molecule has 4 aliphatic carbocycles. The summed E-state index contributed by atoms with van der Waals surface area (Å²) in [6.07, 6.45) is 7.34. The van der Waals surface area contributed by atoms with Crippen LogP contribution in [0.5, 0.6) is 0 Å². The summed E-state index contributed by atoms with van der Waals surface area (Å²) < 4.78 is 13.2. The van der Waals surface area contributed by atoms with E-state index in [1.165, 1.54) is 26.2 Å². The molecule has 9 rings (SSSR count). The van der Waals surface area contributed by atoms with Gasteiger partial charge in [-0.25, -0.2) is 4.79 Å². The van der Waals surface area contributed by atoms with Gasteiger partial charge < -0.3 is 30.5 Å². The van der Waals surface area contributed by atoms with Gasteiger partial charge in [-0.05, 0) is 108 Å². The van der Waals surface area contributed by atoms with Gasteiger partial charge >= 0.3 is 6.03 Å². The van der Waals surface area contributed by atoms with Gasteiger partial charge in [0, 0.05) is 47.3 Å². The lowest BCUT2D eigenvalue weighted by Gasteiger charge is -2.56. The van der Waals surface area contributed by atoms with Gasteiger partial charge in [0.05, 0.1) is 18.8 Å². The van der Waals surface area contributed by atoms with Crippen molar-refractivity contribution in [2.75, 3.05) is 11.1 Å². The number of anilines is 1. The van der Waals surface area contributed by atoms with E-state index in [4.69, 9.17) is 9.47 Å². The zero-order chi connectivity index (χ0) is 36.4. The maximum Gasteiger partial charge on any atom is 0.315 e. The number of thioether (sulfide) groups is 1. The number of urea groups is 1.